The summed E-state index contributed by atoms with van der Waals surface area (Å²) < 4.78 is 10.8. The van der Waals surface area contributed by atoms with Gasteiger partial charge in [0, 0.05) is 60.0 Å². The minimum absolute atomic E-state index is 0. The molecule has 8 heteroatoms. The summed E-state index contributed by atoms with van der Waals surface area (Å²) in [5.74, 6) is 0.835. The van der Waals surface area contributed by atoms with E-state index in [2.05, 4.69) is 39.5 Å². The highest BCUT2D eigenvalue weighted by atomic mass is 127. The van der Waals surface area contributed by atoms with Gasteiger partial charge in [-0.1, -0.05) is 0 Å². The number of nitrogens with zero attached hydrogens (tertiary/aromatic N) is 3. The number of ether oxygens (including phenoxy) is 2. The minimum atomic E-state index is 0. The summed E-state index contributed by atoms with van der Waals surface area (Å²) in [5.41, 5.74) is 0. The lowest BCUT2D eigenvalue weighted by Crippen LogP contribution is -2.49. The second-order valence-electron chi connectivity index (χ2n) is 5.78. The van der Waals surface area contributed by atoms with Crippen molar-refractivity contribution in [3.05, 3.63) is 0 Å². The zero-order chi connectivity index (χ0) is 16.2. The van der Waals surface area contributed by atoms with Crippen molar-refractivity contribution in [2.24, 2.45) is 4.99 Å². The Bertz CT molecular complexity index is 320. The van der Waals surface area contributed by atoms with Gasteiger partial charge in [-0.05, 0) is 20.5 Å². The van der Waals surface area contributed by atoms with Gasteiger partial charge in [0.05, 0.1) is 12.7 Å². The first-order valence-corrected chi connectivity index (χ1v) is 8.08. The Kier molecular flexibility index (Phi) is 14.1. The van der Waals surface area contributed by atoms with E-state index in [-0.39, 0.29) is 30.1 Å². The Morgan fingerprint density at radius 2 is 2.17 bits per heavy atom. The fraction of sp³-hybridized carbons (Fsp3) is 0.933. The van der Waals surface area contributed by atoms with Crippen molar-refractivity contribution < 1.29 is 9.47 Å². The summed E-state index contributed by atoms with van der Waals surface area (Å²) in [6.45, 7) is 7.28. The van der Waals surface area contributed by atoms with Crippen LogP contribution in [0.3, 0.4) is 0 Å². The zero-order valence-electron chi connectivity index (χ0n) is 15.0. The second kappa shape index (κ2) is 14.2. The second-order valence-corrected chi connectivity index (χ2v) is 5.78. The smallest absolute Gasteiger partial charge is 0.191 e. The van der Waals surface area contributed by atoms with E-state index in [1.165, 1.54) is 0 Å². The van der Waals surface area contributed by atoms with Gasteiger partial charge >= 0.3 is 0 Å². The number of halogens is 1. The maximum absolute atomic E-state index is 5.73. The number of hydrogen-bond donors (Lipinski definition) is 2. The van der Waals surface area contributed by atoms with Crippen molar-refractivity contribution in [2.45, 2.75) is 12.5 Å². The molecule has 0 aromatic carbocycles. The summed E-state index contributed by atoms with van der Waals surface area (Å²) in [5, 5.41) is 6.67. The first-order valence-electron chi connectivity index (χ1n) is 8.08. The number of likely N-dealkylation sites (N-methyl/N-ethyl adjacent to an activating group) is 2. The third-order valence-electron chi connectivity index (χ3n) is 3.74. The van der Waals surface area contributed by atoms with Crippen molar-refractivity contribution in [3.63, 3.8) is 0 Å². The number of morpholine rings is 1. The van der Waals surface area contributed by atoms with Crippen molar-refractivity contribution in [1.82, 2.24) is 20.4 Å². The van der Waals surface area contributed by atoms with E-state index in [4.69, 9.17) is 9.47 Å². The molecule has 1 heterocycles. The summed E-state index contributed by atoms with van der Waals surface area (Å²) in [6.07, 6.45) is 1.29. The molecule has 0 saturated carbocycles. The van der Waals surface area contributed by atoms with Crippen LogP contribution >= 0.6 is 24.0 Å². The lowest BCUT2D eigenvalue weighted by atomic mass is 10.3. The van der Waals surface area contributed by atoms with E-state index < -0.39 is 0 Å². The van der Waals surface area contributed by atoms with Crippen LogP contribution in [-0.4, -0.2) is 103 Å². The Labute approximate surface area is 158 Å². The van der Waals surface area contributed by atoms with Gasteiger partial charge in [-0.3, -0.25) is 4.99 Å². The summed E-state index contributed by atoms with van der Waals surface area (Å²) in [4.78, 5) is 8.83. The monoisotopic (exact) mass is 443 g/mol. The fourth-order valence-corrected chi connectivity index (χ4v) is 2.38. The lowest BCUT2D eigenvalue weighted by Gasteiger charge is -2.30. The normalized spacial score (nSPS) is 19.5. The van der Waals surface area contributed by atoms with Crippen LogP contribution in [0.5, 0.6) is 0 Å². The van der Waals surface area contributed by atoms with Crippen LogP contribution in [0.1, 0.15) is 6.42 Å². The van der Waals surface area contributed by atoms with Crippen LogP contribution in [0, 0.1) is 0 Å². The van der Waals surface area contributed by atoms with E-state index in [9.17, 15) is 0 Å². The quantitative estimate of drug-likeness (QED) is 0.228. The molecule has 138 valence electrons. The highest BCUT2D eigenvalue weighted by Gasteiger charge is 2.17. The molecule has 0 radical (unpaired) electrons. The zero-order valence-corrected chi connectivity index (χ0v) is 17.3. The van der Waals surface area contributed by atoms with Gasteiger partial charge in [-0.15, -0.1) is 24.0 Å². The number of guanidine groups is 1. The van der Waals surface area contributed by atoms with E-state index in [0.29, 0.717) is 0 Å². The SMILES string of the molecule is CN=C(NCCN(C)CCCOC)NCC1CN(C)CCO1.I. The molecule has 0 bridgehead atoms. The van der Waals surface area contributed by atoms with Gasteiger partial charge in [0.1, 0.15) is 0 Å². The molecule has 1 fully saturated rings. The molecule has 1 atom stereocenters. The molecule has 0 amide bonds. The van der Waals surface area contributed by atoms with Gasteiger partial charge in [0.15, 0.2) is 5.96 Å². The van der Waals surface area contributed by atoms with Gasteiger partial charge in [0.2, 0.25) is 0 Å². The van der Waals surface area contributed by atoms with Gasteiger partial charge in [0.25, 0.3) is 0 Å². The van der Waals surface area contributed by atoms with E-state index in [0.717, 1.165) is 64.9 Å². The molecule has 0 aromatic rings. The minimum Gasteiger partial charge on any atom is -0.385 e. The lowest BCUT2D eigenvalue weighted by molar-refractivity contribution is -0.0161. The molecule has 2 N–H and O–H groups in total. The first kappa shape index (κ1) is 22.8. The predicted octanol–water partition coefficient (Wildman–Crippen LogP) is 0.0683. The molecule has 0 aromatic heterocycles. The molecular formula is C15H34IN5O2. The standard InChI is InChI=1S/C15H33N5O2.HI/c1-16-15(17-6-8-19(2)7-5-10-21-4)18-12-14-13-20(3)9-11-22-14;/h14H,5-13H2,1-4H3,(H2,16,17,18);1H. The summed E-state index contributed by atoms with van der Waals surface area (Å²) in [6, 6.07) is 0. The molecule has 23 heavy (non-hydrogen) atoms. The van der Waals surface area contributed by atoms with Crippen molar-refractivity contribution in [1.29, 1.82) is 0 Å². The topological polar surface area (TPSA) is 61.4 Å². The molecule has 1 saturated heterocycles. The van der Waals surface area contributed by atoms with E-state index in [1.54, 1.807) is 14.2 Å². The molecule has 1 rings (SSSR count). The molecule has 1 aliphatic rings. The van der Waals surface area contributed by atoms with Crippen LogP contribution in [0.25, 0.3) is 0 Å². The highest BCUT2D eigenvalue weighted by molar-refractivity contribution is 14.0. The Morgan fingerprint density at radius 3 is 2.83 bits per heavy atom. The number of aliphatic imine (C=N–C) groups is 1. The Hall–Kier alpha value is -0.160. The van der Waals surface area contributed by atoms with Crippen LogP contribution in [0.15, 0.2) is 4.99 Å². The first-order chi connectivity index (χ1) is 10.7. The number of hydrogen-bond acceptors (Lipinski definition) is 5. The predicted molar refractivity (Wildman–Crippen MR) is 106 cm³/mol. The highest BCUT2D eigenvalue weighted by Crippen LogP contribution is 2.01. The van der Waals surface area contributed by atoms with Gasteiger partial charge in [-0.2, -0.15) is 0 Å². The third-order valence-corrected chi connectivity index (χ3v) is 3.74. The summed E-state index contributed by atoms with van der Waals surface area (Å²) >= 11 is 0. The molecule has 0 spiro atoms. The molecule has 1 unspecified atom stereocenters. The number of nitrogens with one attached hydrogen (secondary N) is 2. The van der Waals surface area contributed by atoms with Crippen molar-refractivity contribution in [3.8, 4) is 0 Å². The summed E-state index contributed by atoms with van der Waals surface area (Å²) in [7, 11) is 7.79. The average Bonchev–Trinajstić information content (AvgIpc) is 2.51. The number of methoxy groups -OCH3 is 1. The van der Waals surface area contributed by atoms with Gasteiger partial charge in [-0.25, -0.2) is 0 Å². The molecule has 7 nitrogen and oxygen atoms in total. The van der Waals surface area contributed by atoms with Gasteiger partial charge < -0.3 is 29.9 Å². The Balaban J connectivity index is 0.00000484. The van der Waals surface area contributed by atoms with E-state index in [1.807, 2.05) is 0 Å². The maximum atomic E-state index is 5.73. The molecule has 0 aliphatic carbocycles. The van der Waals surface area contributed by atoms with E-state index >= 15 is 0 Å². The Morgan fingerprint density at radius 1 is 1.39 bits per heavy atom. The largest absolute Gasteiger partial charge is 0.385 e. The third kappa shape index (κ3) is 11.1. The molecule has 1 aliphatic heterocycles. The average molecular weight is 443 g/mol. The van der Waals surface area contributed by atoms with Crippen LogP contribution in [0.2, 0.25) is 0 Å². The van der Waals surface area contributed by atoms with Crippen LogP contribution in [0.4, 0.5) is 0 Å². The van der Waals surface area contributed by atoms with Crippen molar-refractivity contribution in [2.75, 3.05) is 80.7 Å². The van der Waals surface area contributed by atoms with Crippen LogP contribution < -0.4 is 10.6 Å². The van der Waals surface area contributed by atoms with Crippen LogP contribution in [-0.2, 0) is 9.47 Å². The maximum Gasteiger partial charge on any atom is 0.191 e. The fourth-order valence-electron chi connectivity index (χ4n) is 2.38. The number of rotatable bonds is 9. The molecular weight excluding hydrogens is 409 g/mol. The van der Waals surface area contributed by atoms with Crippen molar-refractivity contribution >= 4 is 29.9 Å².